The first kappa shape index (κ1) is 9.53. The van der Waals surface area contributed by atoms with Crippen molar-refractivity contribution in [3.63, 3.8) is 0 Å². The number of phenolic OH excluding ortho intramolecular Hbond substituents is 1. The molecule has 2 nitrogen and oxygen atoms in total. The molecule has 0 bridgehead atoms. The maximum absolute atomic E-state index is 9.22. The molecule has 1 aromatic carbocycles. The van der Waals surface area contributed by atoms with E-state index >= 15 is 0 Å². The number of hydrogen-bond acceptors (Lipinski definition) is 2. The maximum atomic E-state index is 9.22. The first-order valence-corrected chi connectivity index (χ1v) is 5.31. The highest BCUT2D eigenvalue weighted by Crippen LogP contribution is 2.36. The van der Waals surface area contributed by atoms with Gasteiger partial charge in [-0.3, -0.25) is 0 Å². The van der Waals surface area contributed by atoms with Crippen LogP contribution < -0.4 is 5.32 Å². The lowest BCUT2D eigenvalue weighted by Crippen LogP contribution is -2.53. The van der Waals surface area contributed by atoms with Crippen LogP contribution in [0.3, 0.4) is 0 Å². The van der Waals surface area contributed by atoms with Gasteiger partial charge in [0.2, 0.25) is 0 Å². The van der Waals surface area contributed by atoms with E-state index in [0.29, 0.717) is 5.75 Å². The van der Waals surface area contributed by atoms with Crippen LogP contribution in [0, 0.1) is 0 Å². The molecule has 1 atom stereocenters. The van der Waals surface area contributed by atoms with Gasteiger partial charge in [0.25, 0.3) is 0 Å². The van der Waals surface area contributed by atoms with Gasteiger partial charge in [-0.05, 0) is 37.1 Å². The normalized spacial score (nSPS) is 25.8. The smallest absolute Gasteiger partial charge is 0.115 e. The zero-order chi connectivity index (χ0) is 10.0. The molecule has 1 aromatic rings. The van der Waals surface area contributed by atoms with E-state index in [0.717, 1.165) is 6.54 Å². The van der Waals surface area contributed by atoms with Crippen LogP contribution in [-0.2, 0) is 5.54 Å². The number of aromatic hydroxyl groups is 1. The second kappa shape index (κ2) is 3.62. The van der Waals surface area contributed by atoms with Crippen molar-refractivity contribution in [2.75, 3.05) is 6.54 Å². The summed E-state index contributed by atoms with van der Waals surface area (Å²) in [4.78, 5) is 0. The van der Waals surface area contributed by atoms with E-state index in [9.17, 15) is 5.11 Å². The fraction of sp³-hybridized carbons (Fsp3) is 0.500. The van der Waals surface area contributed by atoms with Gasteiger partial charge in [-0.25, -0.2) is 0 Å². The number of nitrogens with one attached hydrogen (secondary N) is 1. The van der Waals surface area contributed by atoms with Gasteiger partial charge in [0.15, 0.2) is 0 Å². The molecule has 1 aliphatic heterocycles. The molecule has 1 fully saturated rings. The number of hydrogen-bond donors (Lipinski definition) is 2. The van der Waals surface area contributed by atoms with Crippen molar-refractivity contribution in [3.05, 3.63) is 29.8 Å². The second-order valence-electron chi connectivity index (χ2n) is 4.06. The van der Waals surface area contributed by atoms with Crippen molar-refractivity contribution >= 4 is 0 Å². The summed E-state index contributed by atoms with van der Waals surface area (Å²) < 4.78 is 0. The third kappa shape index (κ3) is 1.50. The Labute approximate surface area is 85.0 Å². The molecular weight excluding hydrogens is 174 g/mol. The SMILES string of the molecule is CCCC1(c2ccc(O)cc2)CCN1. The average Bonchev–Trinajstić information content (AvgIpc) is 2.13. The van der Waals surface area contributed by atoms with Crippen molar-refractivity contribution in [1.82, 2.24) is 5.32 Å². The standard InChI is InChI=1S/C12H17NO/c1-2-7-12(8-9-13-12)10-3-5-11(14)6-4-10/h3-6,13-14H,2,7-9H2,1H3. The molecule has 0 aromatic heterocycles. The molecule has 0 amide bonds. The van der Waals surface area contributed by atoms with Gasteiger partial charge < -0.3 is 10.4 Å². The summed E-state index contributed by atoms with van der Waals surface area (Å²) in [5.41, 5.74) is 1.51. The van der Waals surface area contributed by atoms with E-state index in [1.54, 1.807) is 12.1 Å². The van der Waals surface area contributed by atoms with Crippen molar-refractivity contribution in [3.8, 4) is 5.75 Å². The molecule has 0 spiro atoms. The van der Waals surface area contributed by atoms with Crippen LogP contribution in [0.15, 0.2) is 24.3 Å². The third-order valence-corrected chi connectivity index (χ3v) is 3.11. The third-order valence-electron chi connectivity index (χ3n) is 3.11. The number of phenols is 1. The minimum atomic E-state index is 0.197. The van der Waals surface area contributed by atoms with Crippen LogP contribution in [0.4, 0.5) is 0 Å². The molecule has 2 heteroatoms. The Morgan fingerprint density at radius 3 is 2.43 bits per heavy atom. The van der Waals surface area contributed by atoms with Gasteiger partial charge in [-0.15, -0.1) is 0 Å². The highest BCUT2D eigenvalue weighted by atomic mass is 16.3. The van der Waals surface area contributed by atoms with Crippen LogP contribution in [0.25, 0.3) is 0 Å². The zero-order valence-electron chi connectivity index (χ0n) is 8.59. The monoisotopic (exact) mass is 191 g/mol. The molecule has 0 radical (unpaired) electrons. The molecule has 2 N–H and O–H groups in total. The predicted molar refractivity (Wildman–Crippen MR) is 57.3 cm³/mol. The van der Waals surface area contributed by atoms with Gasteiger partial charge >= 0.3 is 0 Å². The van der Waals surface area contributed by atoms with Crippen molar-refractivity contribution in [2.24, 2.45) is 0 Å². The lowest BCUT2D eigenvalue weighted by atomic mass is 9.77. The Kier molecular flexibility index (Phi) is 2.46. The van der Waals surface area contributed by atoms with E-state index in [1.807, 2.05) is 12.1 Å². The Balaban J connectivity index is 2.23. The summed E-state index contributed by atoms with van der Waals surface area (Å²) in [7, 11) is 0. The Morgan fingerprint density at radius 2 is 2.00 bits per heavy atom. The van der Waals surface area contributed by atoms with Gasteiger partial charge in [0, 0.05) is 5.54 Å². The van der Waals surface area contributed by atoms with Crippen molar-refractivity contribution in [1.29, 1.82) is 0 Å². The quantitative estimate of drug-likeness (QED) is 0.768. The number of benzene rings is 1. The van der Waals surface area contributed by atoms with Crippen LogP contribution >= 0.6 is 0 Å². The van der Waals surface area contributed by atoms with E-state index < -0.39 is 0 Å². The first-order valence-electron chi connectivity index (χ1n) is 5.31. The summed E-state index contributed by atoms with van der Waals surface area (Å²) in [6, 6.07) is 7.59. The largest absolute Gasteiger partial charge is 0.508 e. The molecule has 1 unspecified atom stereocenters. The summed E-state index contributed by atoms with van der Waals surface area (Å²) in [5, 5.41) is 12.7. The summed E-state index contributed by atoms with van der Waals surface area (Å²) >= 11 is 0. The Hall–Kier alpha value is -1.02. The van der Waals surface area contributed by atoms with Crippen LogP contribution in [0.2, 0.25) is 0 Å². The molecule has 1 heterocycles. The summed E-state index contributed by atoms with van der Waals surface area (Å²) in [6.07, 6.45) is 3.58. The summed E-state index contributed by atoms with van der Waals surface area (Å²) in [5.74, 6) is 0.347. The zero-order valence-corrected chi connectivity index (χ0v) is 8.59. The molecule has 76 valence electrons. The highest BCUT2D eigenvalue weighted by molar-refractivity contribution is 5.32. The molecule has 2 rings (SSSR count). The topological polar surface area (TPSA) is 32.3 Å². The molecule has 14 heavy (non-hydrogen) atoms. The second-order valence-corrected chi connectivity index (χ2v) is 4.06. The van der Waals surface area contributed by atoms with E-state index in [4.69, 9.17) is 0 Å². The molecule has 0 saturated carbocycles. The lowest BCUT2D eigenvalue weighted by Gasteiger charge is -2.44. The fourth-order valence-corrected chi connectivity index (χ4v) is 2.24. The average molecular weight is 191 g/mol. The molecule has 1 saturated heterocycles. The molecular formula is C12H17NO. The Morgan fingerprint density at radius 1 is 1.36 bits per heavy atom. The van der Waals surface area contributed by atoms with E-state index in [-0.39, 0.29) is 5.54 Å². The minimum absolute atomic E-state index is 0.197. The highest BCUT2D eigenvalue weighted by Gasteiger charge is 2.36. The van der Waals surface area contributed by atoms with E-state index in [1.165, 1.54) is 24.8 Å². The van der Waals surface area contributed by atoms with Crippen LogP contribution in [0.1, 0.15) is 31.7 Å². The maximum Gasteiger partial charge on any atom is 0.115 e. The van der Waals surface area contributed by atoms with Crippen molar-refractivity contribution in [2.45, 2.75) is 31.7 Å². The summed E-state index contributed by atoms with van der Waals surface area (Å²) in [6.45, 7) is 3.32. The fourth-order valence-electron chi connectivity index (χ4n) is 2.24. The van der Waals surface area contributed by atoms with E-state index in [2.05, 4.69) is 12.2 Å². The lowest BCUT2D eigenvalue weighted by molar-refractivity contribution is 0.191. The van der Waals surface area contributed by atoms with Gasteiger partial charge in [0.05, 0.1) is 0 Å². The Bertz CT molecular complexity index is 301. The first-order chi connectivity index (χ1) is 6.77. The van der Waals surface area contributed by atoms with Gasteiger partial charge in [-0.2, -0.15) is 0 Å². The van der Waals surface area contributed by atoms with Gasteiger partial charge in [0.1, 0.15) is 5.75 Å². The predicted octanol–water partition coefficient (Wildman–Crippen LogP) is 2.38. The van der Waals surface area contributed by atoms with Crippen LogP contribution in [0.5, 0.6) is 5.75 Å². The number of rotatable bonds is 3. The van der Waals surface area contributed by atoms with Crippen LogP contribution in [-0.4, -0.2) is 11.7 Å². The van der Waals surface area contributed by atoms with Crippen molar-refractivity contribution < 1.29 is 5.11 Å². The molecule has 0 aliphatic carbocycles. The van der Waals surface area contributed by atoms with Gasteiger partial charge in [-0.1, -0.05) is 25.5 Å². The molecule has 1 aliphatic rings. The minimum Gasteiger partial charge on any atom is -0.508 e.